The van der Waals surface area contributed by atoms with E-state index in [-0.39, 0.29) is 0 Å². The van der Waals surface area contributed by atoms with Gasteiger partial charge in [0.05, 0.1) is 15.8 Å². The van der Waals surface area contributed by atoms with E-state index in [4.69, 9.17) is 28.4 Å². The number of benzene rings is 1. The van der Waals surface area contributed by atoms with Crippen LogP contribution in [0.15, 0.2) is 28.9 Å². The second kappa shape index (κ2) is 5.56. The molecule has 4 heteroatoms. The summed E-state index contributed by atoms with van der Waals surface area (Å²) in [5, 5.41) is 13.4. The van der Waals surface area contributed by atoms with Crippen molar-refractivity contribution in [2.24, 2.45) is 5.16 Å². The highest BCUT2D eigenvalue weighted by Crippen LogP contribution is 2.27. The SMILES string of the molecule is O/N=C1/CCCC/C1=C\c1ccc(Cl)c(Cl)c1. The Morgan fingerprint density at radius 3 is 2.59 bits per heavy atom. The summed E-state index contributed by atoms with van der Waals surface area (Å²) in [6.45, 7) is 0. The molecule has 0 bridgehead atoms. The van der Waals surface area contributed by atoms with Gasteiger partial charge in [-0.1, -0.05) is 34.4 Å². The van der Waals surface area contributed by atoms with Crippen LogP contribution < -0.4 is 0 Å². The van der Waals surface area contributed by atoms with Gasteiger partial charge in [-0.05, 0) is 55.0 Å². The van der Waals surface area contributed by atoms with E-state index in [9.17, 15) is 0 Å². The molecule has 0 spiro atoms. The molecule has 0 unspecified atom stereocenters. The lowest BCUT2D eigenvalue weighted by molar-refractivity contribution is 0.316. The van der Waals surface area contributed by atoms with E-state index in [1.807, 2.05) is 18.2 Å². The zero-order chi connectivity index (χ0) is 12.3. The molecule has 90 valence electrons. The molecule has 1 aliphatic carbocycles. The van der Waals surface area contributed by atoms with Gasteiger partial charge in [0.25, 0.3) is 0 Å². The second-order valence-corrected chi connectivity index (χ2v) is 4.91. The quantitative estimate of drug-likeness (QED) is 0.578. The van der Waals surface area contributed by atoms with Crippen molar-refractivity contribution in [1.82, 2.24) is 0 Å². The maximum Gasteiger partial charge on any atom is 0.0827 e. The van der Waals surface area contributed by atoms with E-state index in [0.717, 1.165) is 42.5 Å². The molecule has 1 aromatic carbocycles. The summed E-state index contributed by atoms with van der Waals surface area (Å²) in [4.78, 5) is 0. The van der Waals surface area contributed by atoms with E-state index in [2.05, 4.69) is 5.16 Å². The summed E-state index contributed by atoms with van der Waals surface area (Å²) in [6.07, 6.45) is 6.00. The highest BCUT2D eigenvalue weighted by Gasteiger charge is 2.13. The standard InChI is InChI=1S/C13H13Cl2NO/c14-11-6-5-9(8-12(11)15)7-10-3-1-2-4-13(10)16-17/h5-8,17H,1-4H2/b10-7+,16-13-. The summed E-state index contributed by atoms with van der Waals surface area (Å²) in [7, 11) is 0. The van der Waals surface area contributed by atoms with Crippen LogP contribution in [0.3, 0.4) is 0 Å². The zero-order valence-corrected chi connectivity index (χ0v) is 10.8. The van der Waals surface area contributed by atoms with Gasteiger partial charge in [0.15, 0.2) is 0 Å². The summed E-state index contributed by atoms with van der Waals surface area (Å²) >= 11 is 11.8. The number of hydrogen-bond donors (Lipinski definition) is 1. The number of hydrogen-bond acceptors (Lipinski definition) is 2. The fraction of sp³-hybridized carbons (Fsp3) is 0.308. The van der Waals surface area contributed by atoms with Gasteiger partial charge in [0.1, 0.15) is 0 Å². The third-order valence-corrected chi connectivity index (χ3v) is 3.62. The van der Waals surface area contributed by atoms with Crippen molar-refractivity contribution in [1.29, 1.82) is 0 Å². The molecule has 2 nitrogen and oxygen atoms in total. The minimum atomic E-state index is 0.541. The van der Waals surface area contributed by atoms with Crippen LogP contribution in [0.4, 0.5) is 0 Å². The number of allylic oxidation sites excluding steroid dienone is 1. The van der Waals surface area contributed by atoms with Crippen molar-refractivity contribution in [2.45, 2.75) is 25.7 Å². The molecule has 17 heavy (non-hydrogen) atoms. The van der Waals surface area contributed by atoms with Crippen LogP contribution in [0.25, 0.3) is 6.08 Å². The van der Waals surface area contributed by atoms with Gasteiger partial charge >= 0.3 is 0 Å². The third-order valence-electron chi connectivity index (χ3n) is 2.89. The fourth-order valence-corrected chi connectivity index (χ4v) is 2.29. The summed E-state index contributed by atoms with van der Waals surface area (Å²) in [6, 6.07) is 5.50. The van der Waals surface area contributed by atoms with Crippen molar-refractivity contribution < 1.29 is 5.21 Å². The molecule has 0 amide bonds. The molecule has 1 fully saturated rings. The Kier molecular flexibility index (Phi) is 4.08. The third kappa shape index (κ3) is 3.02. The monoisotopic (exact) mass is 269 g/mol. The molecule has 0 aromatic heterocycles. The molecule has 1 saturated carbocycles. The van der Waals surface area contributed by atoms with Gasteiger partial charge in [0, 0.05) is 0 Å². The zero-order valence-electron chi connectivity index (χ0n) is 9.29. The first-order chi connectivity index (χ1) is 8.20. The van der Waals surface area contributed by atoms with Gasteiger partial charge in [-0.2, -0.15) is 0 Å². The lowest BCUT2D eigenvalue weighted by Crippen LogP contribution is -2.08. The number of halogens is 2. The topological polar surface area (TPSA) is 32.6 Å². The van der Waals surface area contributed by atoms with E-state index in [0.29, 0.717) is 10.0 Å². The maximum absolute atomic E-state index is 8.94. The van der Waals surface area contributed by atoms with Gasteiger partial charge in [-0.3, -0.25) is 0 Å². The average molecular weight is 270 g/mol. The molecule has 1 aromatic rings. The van der Waals surface area contributed by atoms with Crippen LogP contribution >= 0.6 is 23.2 Å². The Balaban J connectivity index is 2.30. The minimum Gasteiger partial charge on any atom is -0.411 e. The molecule has 0 aliphatic heterocycles. The van der Waals surface area contributed by atoms with Crippen LogP contribution in [0.5, 0.6) is 0 Å². The first kappa shape index (κ1) is 12.5. The van der Waals surface area contributed by atoms with E-state index in [1.165, 1.54) is 0 Å². The molecule has 0 heterocycles. The predicted molar refractivity (Wildman–Crippen MR) is 72.1 cm³/mol. The molecule has 0 atom stereocenters. The van der Waals surface area contributed by atoms with Crippen LogP contribution in [0.1, 0.15) is 31.2 Å². The second-order valence-electron chi connectivity index (χ2n) is 4.10. The molecular weight excluding hydrogens is 257 g/mol. The number of nitrogens with zero attached hydrogens (tertiary/aromatic N) is 1. The van der Waals surface area contributed by atoms with Crippen molar-refractivity contribution in [3.63, 3.8) is 0 Å². The predicted octanol–water partition coefficient (Wildman–Crippen LogP) is 4.78. The highest BCUT2D eigenvalue weighted by molar-refractivity contribution is 6.42. The van der Waals surface area contributed by atoms with Crippen molar-refractivity contribution in [3.8, 4) is 0 Å². The maximum atomic E-state index is 8.94. The Hall–Kier alpha value is -0.990. The summed E-state index contributed by atoms with van der Waals surface area (Å²) in [5.41, 5.74) is 2.84. The van der Waals surface area contributed by atoms with Gasteiger partial charge in [0.2, 0.25) is 0 Å². The average Bonchev–Trinajstić information content (AvgIpc) is 2.34. The smallest absolute Gasteiger partial charge is 0.0827 e. The van der Waals surface area contributed by atoms with Gasteiger partial charge in [-0.15, -0.1) is 0 Å². The minimum absolute atomic E-state index is 0.541. The number of oxime groups is 1. The fourth-order valence-electron chi connectivity index (χ4n) is 1.99. The van der Waals surface area contributed by atoms with Crippen LogP contribution in [0, 0.1) is 0 Å². The van der Waals surface area contributed by atoms with E-state index < -0.39 is 0 Å². The van der Waals surface area contributed by atoms with Crippen LogP contribution in [-0.2, 0) is 0 Å². The molecule has 2 rings (SSSR count). The van der Waals surface area contributed by atoms with Gasteiger partial charge < -0.3 is 5.21 Å². The molecule has 1 N–H and O–H groups in total. The first-order valence-corrected chi connectivity index (χ1v) is 6.33. The van der Waals surface area contributed by atoms with E-state index in [1.54, 1.807) is 6.07 Å². The molecule has 0 saturated heterocycles. The van der Waals surface area contributed by atoms with Gasteiger partial charge in [-0.25, -0.2) is 0 Å². The van der Waals surface area contributed by atoms with Crippen molar-refractivity contribution >= 4 is 35.0 Å². The Morgan fingerprint density at radius 1 is 1.12 bits per heavy atom. The first-order valence-electron chi connectivity index (χ1n) is 5.57. The Morgan fingerprint density at radius 2 is 1.88 bits per heavy atom. The Bertz CT molecular complexity index is 480. The lowest BCUT2D eigenvalue weighted by atomic mass is 9.91. The lowest BCUT2D eigenvalue weighted by Gasteiger charge is -2.15. The Labute approximate surface area is 111 Å². The van der Waals surface area contributed by atoms with Crippen LogP contribution in [-0.4, -0.2) is 10.9 Å². The normalized spacial score (nSPS) is 21.1. The van der Waals surface area contributed by atoms with E-state index >= 15 is 0 Å². The number of rotatable bonds is 1. The summed E-state index contributed by atoms with van der Waals surface area (Å²) in [5.74, 6) is 0. The van der Waals surface area contributed by atoms with Crippen molar-refractivity contribution in [2.75, 3.05) is 0 Å². The van der Waals surface area contributed by atoms with Crippen molar-refractivity contribution in [3.05, 3.63) is 39.4 Å². The highest BCUT2D eigenvalue weighted by atomic mass is 35.5. The van der Waals surface area contributed by atoms with Crippen LogP contribution in [0.2, 0.25) is 10.0 Å². The molecule has 1 aliphatic rings. The largest absolute Gasteiger partial charge is 0.411 e. The summed E-state index contributed by atoms with van der Waals surface area (Å²) < 4.78 is 0. The molecule has 0 radical (unpaired) electrons. The molecular formula is C13H13Cl2NO.